The molecule has 0 saturated heterocycles. The van der Waals surface area contributed by atoms with Crippen LogP contribution in [-0.2, 0) is 0 Å². The molecular formula is C13H22ClNO. The molecule has 0 aromatic heterocycles. The quantitative estimate of drug-likeness (QED) is 0.854. The fourth-order valence-electron chi connectivity index (χ4n) is 2.16. The molecule has 0 aliphatic rings. The predicted octanol–water partition coefficient (Wildman–Crippen LogP) is 3.48. The molecule has 0 bridgehead atoms. The average molecular weight is 244 g/mol. The van der Waals surface area contributed by atoms with E-state index >= 15 is 0 Å². The third-order valence-electron chi connectivity index (χ3n) is 2.67. The van der Waals surface area contributed by atoms with Crippen molar-refractivity contribution in [2.24, 2.45) is 11.7 Å². The first-order valence-corrected chi connectivity index (χ1v) is 5.47. The maximum absolute atomic E-state index is 9.44. The second kappa shape index (κ2) is 6.12. The lowest BCUT2D eigenvalue weighted by molar-refractivity contribution is 0.471. The lowest BCUT2D eigenvalue weighted by atomic mass is 9.91. The molecule has 1 aromatic rings. The van der Waals surface area contributed by atoms with Crippen LogP contribution in [0.5, 0.6) is 5.75 Å². The molecule has 1 aromatic carbocycles. The van der Waals surface area contributed by atoms with Crippen molar-refractivity contribution < 1.29 is 5.11 Å². The van der Waals surface area contributed by atoms with Crippen molar-refractivity contribution in [1.29, 1.82) is 0 Å². The molecule has 0 amide bonds. The number of rotatable bonds is 3. The zero-order chi connectivity index (χ0) is 11.6. The molecule has 0 aliphatic carbocycles. The van der Waals surface area contributed by atoms with Crippen LogP contribution < -0.4 is 5.73 Å². The molecular weight excluding hydrogens is 222 g/mol. The van der Waals surface area contributed by atoms with Crippen LogP contribution in [0.2, 0.25) is 0 Å². The fraction of sp³-hybridized carbons (Fsp3) is 0.538. The average Bonchev–Trinajstić information content (AvgIpc) is 1.99. The Morgan fingerprint density at radius 1 is 1.19 bits per heavy atom. The second-order valence-electron chi connectivity index (χ2n) is 4.73. The molecule has 0 unspecified atom stereocenters. The third kappa shape index (κ3) is 3.69. The number of phenolic OH excluding ortho intramolecular Hbond substituents is 1. The summed E-state index contributed by atoms with van der Waals surface area (Å²) in [5.74, 6) is 0.915. The summed E-state index contributed by atoms with van der Waals surface area (Å²) in [6.07, 6.45) is 0.979. The van der Waals surface area contributed by atoms with Gasteiger partial charge in [0.25, 0.3) is 0 Å². The molecule has 1 rings (SSSR count). The maximum Gasteiger partial charge on any atom is 0.116 e. The van der Waals surface area contributed by atoms with E-state index in [1.165, 1.54) is 5.56 Å². The molecule has 0 fully saturated rings. The fourth-order valence-corrected chi connectivity index (χ4v) is 2.16. The summed E-state index contributed by atoms with van der Waals surface area (Å²) in [6, 6.07) is 3.64. The summed E-state index contributed by atoms with van der Waals surface area (Å²) in [7, 11) is 0. The predicted molar refractivity (Wildman–Crippen MR) is 71.2 cm³/mol. The number of benzene rings is 1. The summed E-state index contributed by atoms with van der Waals surface area (Å²) in [5.41, 5.74) is 9.52. The molecule has 0 heterocycles. The lowest BCUT2D eigenvalue weighted by Crippen LogP contribution is -2.15. The zero-order valence-electron chi connectivity index (χ0n) is 10.4. The maximum atomic E-state index is 9.44. The number of phenols is 1. The minimum absolute atomic E-state index is 0. The van der Waals surface area contributed by atoms with Gasteiger partial charge in [-0.05, 0) is 55.0 Å². The molecule has 0 spiro atoms. The van der Waals surface area contributed by atoms with Gasteiger partial charge in [0, 0.05) is 6.04 Å². The first kappa shape index (κ1) is 15.3. The van der Waals surface area contributed by atoms with E-state index in [0.29, 0.717) is 11.7 Å². The van der Waals surface area contributed by atoms with E-state index in [-0.39, 0.29) is 18.4 Å². The highest BCUT2D eigenvalue weighted by molar-refractivity contribution is 5.85. The lowest BCUT2D eigenvalue weighted by Gasteiger charge is -2.19. The Labute approximate surface area is 104 Å². The van der Waals surface area contributed by atoms with Crippen LogP contribution in [0.4, 0.5) is 0 Å². The highest BCUT2D eigenvalue weighted by Gasteiger charge is 2.14. The first-order chi connectivity index (χ1) is 6.91. The van der Waals surface area contributed by atoms with Gasteiger partial charge in [-0.15, -0.1) is 12.4 Å². The Balaban J connectivity index is 0.00000225. The van der Waals surface area contributed by atoms with Gasteiger partial charge in [-0.2, -0.15) is 0 Å². The van der Waals surface area contributed by atoms with E-state index < -0.39 is 0 Å². The van der Waals surface area contributed by atoms with E-state index in [4.69, 9.17) is 5.73 Å². The molecule has 3 heteroatoms. The van der Waals surface area contributed by atoms with Gasteiger partial charge in [-0.3, -0.25) is 0 Å². The number of hydrogen-bond donors (Lipinski definition) is 2. The van der Waals surface area contributed by atoms with E-state index in [2.05, 4.69) is 13.8 Å². The van der Waals surface area contributed by atoms with Crippen LogP contribution in [0, 0.1) is 19.8 Å². The molecule has 0 saturated carbocycles. The Hall–Kier alpha value is -0.730. The van der Waals surface area contributed by atoms with Gasteiger partial charge < -0.3 is 10.8 Å². The van der Waals surface area contributed by atoms with Crippen molar-refractivity contribution in [3.05, 3.63) is 28.8 Å². The van der Waals surface area contributed by atoms with Gasteiger partial charge >= 0.3 is 0 Å². The van der Waals surface area contributed by atoms with Gasteiger partial charge in [-0.25, -0.2) is 0 Å². The van der Waals surface area contributed by atoms with E-state index in [9.17, 15) is 5.11 Å². The van der Waals surface area contributed by atoms with Gasteiger partial charge in [0.2, 0.25) is 0 Å². The second-order valence-corrected chi connectivity index (χ2v) is 4.73. The molecule has 1 atom stereocenters. The normalized spacial score (nSPS) is 12.4. The molecule has 2 nitrogen and oxygen atoms in total. The van der Waals surface area contributed by atoms with Crippen molar-refractivity contribution in [3.8, 4) is 5.75 Å². The summed E-state index contributed by atoms with van der Waals surface area (Å²) >= 11 is 0. The monoisotopic (exact) mass is 243 g/mol. The zero-order valence-corrected chi connectivity index (χ0v) is 11.3. The highest BCUT2D eigenvalue weighted by atomic mass is 35.5. The Morgan fingerprint density at radius 2 is 1.62 bits per heavy atom. The minimum atomic E-state index is 0. The van der Waals surface area contributed by atoms with Crippen molar-refractivity contribution in [2.75, 3.05) is 0 Å². The highest BCUT2D eigenvalue weighted by Crippen LogP contribution is 2.28. The first-order valence-electron chi connectivity index (χ1n) is 5.47. The van der Waals surface area contributed by atoms with Crippen molar-refractivity contribution in [2.45, 2.75) is 40.2 Å². The Bertz CT molecular complexity index is 327. The topological polar surface area (TPSA) is 46.2 Å². The number of aryl methyl sites for hydroxylation is 2. The molecule has 92 valence electrons. The van der Waals surface area contributed by atoms with Crippen molar-refractivity contribution in [3.63, 3.8) is 0 Å². The van der Waals surface area contributed by atoms with Crippen LogP contribution in [0.25, 0.3) is 0 Å². The van der Waals surface area contributed by atoms with E-state index in [1.54, 1.807) is 12.1 Å². The van der Waals surface area contributed by atoms with Crippen LogP contribution in [0.1, 0.15) is 43.0 Å². The Kier molecular flexibility index (Phi) is 5.84. The minimum Gasteiger partial charge on any atom is -0.508 e. The SMILES string of the molecule is Cc1cc(O)cc(C)c1[C@H](N)CC(C)C.Cl. The molecule has 3 N–H and O–H groups in total. The summed E-state index contributed by atoms with van der Waals surface area (Å²) < 4.78 is 0. The largest absolute Gasteiger partial charge is 0.508 e. The van der Waals surface area contributed by atoms with E-state index in [0.717, 1.165) is 17.5 Å². The van der Waals surface area contributed by atoms with Crippen LogP contribution in [0.15, 0.2) is 12.1 Å². The molecule has 0 radical (unpaired) electrons. The smallest absolute Gasteiger partial charge is 0.116 e. The van der Waals surface area contributed by atoms with Crippen LogP contribution >= 0.6 is 12.4 Å². The van der Waals surface area contributed by atoms with E-state index in [1.807, 2.05) is 13.8 Å². The van der Waals surface area contributed by atoms with Crippen LogP contribution in [-0.4, -0.2) is 5.11 Å². The molecule has 0 aliphatic heterocycles. The summed E-state index contributed by atoms with van der Waals surface area (Å²) in [5, 5.41) is 9.44. The van der Waals surface area contributed by atoms with Gasteiger partial charge in [-0.1, -0.05) is 13.8 Å². The third-order valence-corrected chi connectivity index (χ3v) is 2.67. The number of nitrogens with two attached hydrogens (primary N) is 1. The number of hydrogen-bond acceptors (Lipinski definition) is 2. The van der Waals surface area contributed by atoms with Crippen molar-refractivity contribution >= 4 is 12.4 Å². The summed E-state index contributed by atoms with van der Waals surface area (Å²) in [4.78, 5) is 0. The number of halogens is 1. The van der Waals surface area contributed by atoms with Crippen LogP contribution in [0.3, 0.4) is 0 Å². The Morgan fingerprint density at radius 3 is 2.00 bits per heavy atom. The standard InChI is InChI=1S/C13H21NO.ClH/c1-8(2)5-12(14)13-9(3)6-11(15)7-10(13)4;/h6-8,12,15H,5,14H2,1-4H3;1H/t12-;/m1./s1. The summed E-state index contributed by atoms with van der Waals surface area (Å²) in [6.45, 7) is 8.35. The van der Waals surface area contributed by atoms with Gasteiger partial charge in [0.15, 0.2) is 0 Å². The van der Waals surface area contributed by atoms with Gasteiger partial charge in [0.05, 0.1) is 0 Å². The van der Waals surface area contributed by atoms with Crippen molar-refractivity contribution in [1.82, 2.24) is 0 Å². The van der Waals surface area contributed by atoms with Gasteiger partial charge in [0.1, 0.15) is 5.75 Å². The molecule has 16 heavy (non-hydrogen) atoms. The number of aromatic hydroxyl groups is 1.